The summed E-state index contributed by atoms with van der Waals surface area (Å²) in [6.07, 6.45) is 4.52. The van der Waals surface area contributed by atoms with Gasteiger partial charge in [0.1, 0.15) is 0 Å². The van der Waals surface area contributed by atoms with Crippen LogP contribution in [-0.4, -0.2) is 22.2 Å². The van der Waals surface area contributed by atoms with Gasteiger partial charge in [0.25, 0.3) is 5.91 Å². The highest BCUT2D eigenvalue weighted by molar-refractivity contribution is 7.80. The lowest BCUT2D eigenvalue weighted by Gasteiger charge is -2.08. The number of amides is 1. The second kappa shape index (κ2) is 6.43. The van der Waals surface area contributed by atoms with E-state index in [9.17, 15) is 4.79 Å². The Balaban J connectivity index is 1.82. The molecular weight excluding hydrogens is 258 g/mol. The standard InChI is InChI=1S/C14H17N3OS/c1-11-4-5-12(19)10-13(11)14(18)15-6-2-8-17-9-3-7-16-17/h3-5,7,9-10,19H,2,6,8H2,1H3,(H,15,18). The summed E-state index contributed by atoms with van der Waals surface area (Å²) in [7, 11) is 0. The number of aromatic nitrogens is 2. The van der Waals surface area contributed by atoms with Gasteiger partial charge in [-0.05, 0) is 37.1 Å². The van der Waals surface area contributed by atoms with Gasteiger partial charge >= 0.3 is 0 Å². The first-order chi connectivity index (χ1) is 9.16. The summed E-state index contributed by atoms with van der Waals surface area (Å²) in [4.78, 5) is 12.8. The number of benzene rings is 1. The molecule has 0 aliphatic rings. The maximum Gasteiger partial charge on any atom is 0.251 e. The maximum atomic E-state index is 12.0. The van der Waals surface area contributed by atoms with E-state index in [-0.39, 0.29) is 5.91 Å². The van der Waals surface area contributed by atoms with Crippen LogP contribution in [0.2, 0.25) is 0 Å². The van der Waals surface area contributed by atoms with E-state index in [0.29, 0.717) is 12.1 Å². The third-order valence-corrected chi connectivity index (χ3v) is 3.15. The zero-order valence-corrected chi connectivity index (χ0v) is 11.7. The van der Waals surface area contributed by atoms with Gasteiger partial charge in [0.05, 0.1) is 0 Å². The van der Waals surface area contributed by atoms with E-state index in [2.05, 4.69) is 23.0 Å². The molecule has 2 rings (SSSR count). The molecule has 0 spiro atoms. The number of rotatable bonds is 5. The zero-order valence-electron chi connectivity index (χ0n) is 10.8. The van der Waals surface area contributed by atoms with Crippen molar-refractivity contribution < 1.29 is 4.79 Å². The first-order valence-corrected chi connectivity index (χ1v) is 6.67. The van der Waals surface area contributed by atoms with Crippen molar-refractivity contribution in [2.75, 3.05) is 6.54 Å². The Kier molecular flexibility index (Phi) is 4.63. The monoisotopic (exact) mass is 275 g/mol. The maximum absolute atomic E-state index is 12.0. The molecule has 0 saturated heterocycles. The number of carbonyl (C=O) groups excluding carboxylic acids is 1. The van der Waals surface area contributed by atoms with Crippen molar-refractivity contribution in [2.45, 2.75) is 24.8 Å². The number of hydrogen-bond acceptors (Lipinski definition) is 3. The van der Waals surface area contributed by atoms with Crippen LogP contribution in [0.15, 0.2) is 41.6 Å². The van der Waals surface area contributed by atoms with Crippen LogP contribution in [0.4, 0.5) is 0 Å². The Labute approximate surface area is 118 Å². The minimum atomic E-state index is -0.0473. The van der Waals surface area contributed by atoms with Crippen LogP contribution in [0, 0.1) is 6.92 Å². The predicted octanol–water partition coefficient (Wildman–Crippen LogP) is 2.30. The summed E-state index contributed by atoms with van der Waals surface area (Å²) in [5.74, 6) is -0.0473. The van der Waals surface area contributed by atoms with Crippen LogP contribution in [-0.2, 0) is 6.54 Å². The van der Waals surface area contributed by atoms with Crippen LogP contribution < -0.4 is 5.32 Å². The van der Waals surface area contributed by atoms with Gasteiger partial charge in [-0.1, -0.05) is 6.07 Å². The van der Waals surface area contributed by atoms with Crippen molar-refractivity contribution in [1.29, 1.82) is 0 Å². The molecule has 5 heteroatoms. The molecule has 0 aliphatic heterocycles. The number of carbonyl (C=O) groups is 1. The molecule has 1 aromatic heterocycles. The zero-order chi connectivity index (χ0) is 13.7. The van der Waals surface area contributed by atoms with Crippen molar-refractivity contribution in [3.05, 3.63) is 47.8 Å². The average Bonchev–Trinajstić information content (AvgIpc) is 2.90. The Hall–Kier alpha value is -1.75. The number of hydrogen-bond donors (Lipinski definition) is 2. The van der Waals surface area contributed by atoms with Gasteiger partial charge in [-0.15, -0.1) is 12.6 Å². The van der Waals surface area contributed by atoms with Gasteiger partial charge in [0.2, 0.25) is 0 Å². The Morgan fingerprint density at radius 3 is 3.05 bits per heavy atom. The summed E-state index contributed by atoms with van der Waals surface area (Å²) in [6.45, 7) is 3.36. The smallest absolute Gasteiger partial charge is 0.251 e. The topological polar surface area (TPSA) is 46.9 Å². The summed E-state index contributed by atoms with van der Waals surface area (Å²) in [6, 6.07) is 7.47. The first kappa shape index (κ1) is 13.7. The van der Waals surface area contributed by atoms with Gasteiger partial charge in [-0.25, -0.2) is 0 Å². The molecular formula is C14H17N3OS. The highest BCUT2D eigenvalue weighted by Gasteiger charge is 2.08. The lowest BCUT2D eigenvalue weighted by molar-refractivity contribution is 0.0952. The number of nitrogens with zero attached hydrogens (tertiary/aromatic N) is 2. The van der Waals surface area contributed by atoms with Crippen LogP contribution in [0.5, 0.6) is 0 Å². The second-order valence-corrected chi connectivity index (χ2v) is 4.89. The van der Waals surface area contributed by atoms with Crippen LogP contribution in [0.3, 0.4) is 0 Å². The molecule has 0 fully saturated rings. The van der Waals surface area contributed by atoms with E-state index in [1.54, 1.807) is 12.3 Å². The van der Waals surface area contributed by atoms with Gasteiger partial charge in [-0.2, -0.15) is 5.10 Å². The van der Waals surface area contributed by atoms with Crippen molar-refractivity contribution in [3.63, 3.8) is 0 Å². The fraction of sp³-hybridized carbons (Fsp3) is 0.286. The first-order valence-electron chi connectivity index (χ1n) is 6.22. The molecule has 1 N–H and O–H groups in total. The molecule has 4 nitrogen and oxygen atoms in total. The van der Waals surface area contributed by atoms with Crippen molar-refractivity contribution >= 4 is 18.5 Å². The molecule has 1 heterocycles. The molecule has 0 aliphatic carbocycles. The van der Waals surface area contributed by atoms with Gasteiger partial charge in [-0.3, -0.25) is 9.48 Å². The van der Waals surface area contributed by atoms with Crippen molar-refractivity contribution in [3.8, 4) is 0 Å². The summed E-state index contributed by atoms with van der Waals surface area (Å²) in [5.41, 5.74) is 1.65. The van der Waals surface area contributed by atoms with Crippen LogP contribution >= 0.6 is 12.6 Å². The van der Waals surface area contributed by atoms with Crippen LogP contribution in [0.25, 0.3) is 0 Å². The third-order valence-electron chi connectivity index (χ3n) is 2.87. The van der Waals surface area contributed by atoms with Crippen molar-refractivity contribution in [2.24, 2.45) is 0 Å². The Bertz CT molecular complexity index is 552. The molecule has 0 unspecified atom stereocenters. The lowest BCUT2D eigenvalue weighted by atomic mass is 10.1. The van der Waals surface area contributed by atoms with E-state index in [1.807, 2.05) is 36.0 Å². The molecule has 0 bridgehead atoms. The SMILES string of the molecule is Cc1ccc(S)cc1C(=O)NCCCn1cccn1. The fourth-order valence-electron chi connectivity index (χ4n) is 1.83. The summed E-state index contributed by atoms with van der Waals surface area (Å²) in [5, 5.41) is 7.03. The number of thiol groups is 1. The van der Waals surface area contributed by atoms with Crippen molar-refractivity contribution in [1.82, 2.24) is 15.1 Å². The molecule has 100 valence electrons. The van der Waals surface area contributed by atoms with E-state index in [1.165, 1.54) is 0 Å². The average molecular weight is 275 g/mol. The summed E-state index contributed by atoms with van der Waals surface area (Å²) < 4.78 is 1.85. The van der Waals surface area contributed by atoms with E-state index >= 15 is 0 Å². The molecule has 1 aromatic carbocycles. The number of nitrogens with one attached hydrogen (secondary N) is 1. The Morgan fingerprint density at radius 1 is 1.47 bits per heavy atom. The van der Waals surface area contributed by atoms with Crippen LogP contribution in [0.1, 0.15) is 22.3 Å². The van der Waals surface area contributed by atoms with Gasteiger partial charge in [0.15, 0.2) is 0 Å². The van der Waals surface area contributed by atoms with E-state index < -0.39 is 0 Å². The molecule has 0 saturated carbocycles. The minimum Gasteiger partial charge on any atom is -0.352 e. The molecule has 19 heavy (non-hydrogen) atoms. The fourth-order valence-corrected chi connectivity index (χ4v) is 2.03. The highest BCUT2D eigenvalue weighted by Crippen LogP contribution is 2.13. The molecule has 2 aromatic rings. The molecule has 0 radical (unpaired) electrons. The third kappa shape index (κ3) is 3.86. The van der Waals surface area contributed by atoms with Gasteiger partial charge < -0.3 is 5.32 Å². The minimum absolute atomic E-state index is 0.0473. The van der Waals surface area contributed by atoms with E-state index in [0.717, 1.165) is 23.4 Å². The largest absolute Gasteiger partial charge is 0.352 e. The molecule has 1 amide bonds. The van der Waals surface area contributed by atoms with Gasteiger partial charge in [0, 0.05) is 35.9 Å². The predicted molar refractivity (Wildman–Crippen MR) is 77.6 cm³/mol. The quantitative estimate of drug-likeness (QED) is 0.650. The molecule has 0 atom stereocenters. The second-order valence-electron chi connectivity index (χ2n) is 4.38. The number of aryl methyl sites for hydroxylation is 2. The summed E-state index contributed by atoms with van der Waals surface area (Å²) >= 11 is 4.25. The normalized spacial score (nSPS) is 10.4. The Morgan fingerprint density at radius 2 is 2.32 bits per heavy atom. The van der Waals surface area contributed by atoms with E-state index in [4.69, 9.17) is 0 Å². The highest BCUT2D eigenvalue weighted by atomic mass is 32.1. The lowest BCUT2D eigenvalue weighted by Crippen LogP contribution is -2.26.